The van der Waals surface area contributed by atoms with Crippen LogP contribution in [-0.4, -0.2) is 28.4 Å². The number of carbonyl (C=O) groups is 1. The van der Waals surface area contributed by atoms with Crippen LogP contribution in [-0.2, 0) is 4.79 Å². The Morgan fingerprint density at radius 2 is 2.20 bits per heavy atom. The zero-order chi connectivity index (χ0) is 14.9. The molecule has 1 saturated heterocycles. The molecule has 1 amide bonds. The molecule has 2 atom stereocenters. The van der Waals surface area contributed by atoms with Crippen LogP contribution in [0.2, 0.25) is 0 Å². The molecule has 108 valence electrons. The molecule has 1 aliphatic rings. The van der Waals surface area contributed by atoms with Gasteiger partial charge in [0.25, 0.3) is 0 Å². The molecule has 1 aromatic rings. The van der Waals surface area contributed by atoms with Crippen molar-refractivity contribution in [3.05, 3.63) is 22.2 Å². The summed E-state index contributed by atoms with van der Waals surface area (Å²) in [5, 5.41) is 10.7. The van der Waals surface area contributed by atoms with E-state index in [0.717, 1.165) is 12.8 Å². The number of carbonyl (C=O) groups excluding carboxylic acids is 1. The Labute approximate surface area is 115 Å². The zero-order valence-corrected chi connectivity index (χ0v) is 11.2. The maximum absolute atomic E-state index is 11.3. The van der Waals surface area contributed by atoms with Crippen LogP contribution in [0.3, 0.4) is 0 Å². The predicted octanol–water partition coefficient (Wildman–Crippen LogP) is 0.662. The number of pyridine rings is 1. The van der Waals surface area contributed by atoms with E-state index in [1.54, 1.807) is 6.07 Å². The Morgan fingerprint density at radius 1 is 1.50 bits per heavy atom. The van der Waals surface area contributed by atoms with Crippen LogP contribution in [0.25, 0.3) is 0 Å². The summed E-state index contributed by atoms with van der Waals surface area (Å²) in [6.45, 7) is 2.47. The normalized spacial score (nSPS) is 22.6. The minimum Gasteiger partial charge on any atom is -0.378 e. The van der Waals surface area contributed by atoms with Gasteiger partial charge in [-0.15, -0.1) is 0 Å². The van der Waals surface area contributed by atoms with Crippen molar-refractivity contribution in [3.63, 3.8) is 0 Å². The molecule has 0 bridgehead atoms. The summed E-state index contributed by atoms with van der Waals surface area (Å²) < 4.78 is 0. The quantitative estimate of drug-likeness (QED) is 0.617. The minimum absolute atomic E-state index is 0.124. The van der Waals surface area contributed by atoms with E-state index in [1.165, 1.54) is 6.07 Å². The summed E-state index contributed by atoms with van der Waals surface area (Å²) in [5.41, 5.74) is 10.7. The van der Waals surface area contributed by atoms with Gasteiger partial charge in [0.05, 0.1) is 10.8 Å². The Kier molecular flexibility index (Phi) is 3.73. The molecule has 4 N–H and O–H groups in total. The molecule has 2 unspecified atom stereocenters. The second-order valence-corrected chi connectivity index (χ2v) is 5.01. The number of nitrogens with zero attached hydrogens (tertiary/aromatic N) is 3. The van der Waals surface area contributed by atoms with Gasteiger partial charge in [0.1, 0.15) is 5.82 Å². The first-order valence-corrected chi connectivity index (χ1v) is 6.37. The summed E-state index contributed by atoms with van der Waals surface area (Å²) in [4.78, 5) is 27.5. The molecular formula is C12H17N5O3. The number of anilines is 2. The van der Waals surface area contributed by atoms with Crippen LogP contribution in [0, 0.1) is 16.0 Å². The van der Waals surface area contributed by atoms with E-state index in [4.69, 9.17) is 11.5 Å². The molecule has 0 aliphatic carbocycles. The second-order valence-electron chi connectivity index (χ2n) is 5.01. The van der Waals surface area contributed by atoms with Crippen LogP contribution in [0.1, 0.15) is 19.8 Å². The van der Waals surface area contributed by atoms with E-state index in [1.807, 2.05) is 11.8 Å². The SMILES string of the molecule is CC1CCC(C(N)=O)CN1c1ccc([N+](=O)[O-])c(N)n1. The number of primary amides is 1. The molecule has 20 heavy (non-hydrogen) atoms. The van der Waals surface area contributed by atoms with Crippen molar-refractivity contribution >= 4 is 23.2 Å². The molecular weight excluding hydrogens is 262 g/mol. The molecule has 2 heterocycles. The van der Waals surface area contributed by atoms with Gasteiger partial charge in [0.15, 0.2) is 0 Å². The van der Waals surface area contributed by atoms with Gasteiger partial charge in [-0.05, 0) is 25.8 Å². The molecule has 0 saturated carbocycles. The molecule has 0 spiro atoms. The first-order chi connectivity index (χ1) is 9.40. The molecule has 1 aliphatic heterocycles. The van der Waals surface area contributed by atoms with Crippen LogP contribution < -0.4 is 16.4 Å². The van der Waals surface area contributed by atoms with Gasteiger partial charge in [-0.25, -0.2) is 4.98 Å². The Bertz CT molecular complexity index is 548. The Morgan fingerprint density at radius 3 is 2.75 bits per heavy atom. The number of nitrogens with two attached hydrogens (primary N) is 2. The highest BCUT2D eigenvalue weighted by Crippen LogP contribution is 2.29. The highest BCUT2D eigenvalue weighted by atomic mass is 16.6. The number of hydrogen-bond donors (Lipinski definition) is 2. The molecule has 0 radical (unpaired) electrons. The van der Waals surface area contributed by atoms with Crippen molar-refractivity contribution in [3.8, 4) is 0 Å². The van der Waals surface area contributed by atoms with Crippen molar-refractivity contribution in [1.29, 1.82) is 0 Å². The van der Waals surface area contributed by atoms with Gasteiger partial charge >= 0.3 is 5.69 Å². The maximum Gasteiger partial charge on any atom is 0.311 e. The first kappa shape index (κ1) is 14.0. The molecule has 1 fully saturated rings. The first-order valence-electron chi connectivity index (χ1n) is 6.37. The van der Waals surface area contributed by atoms with E-state index in [0.29, 0.717) is 12.4 Å². The standard InChI is InChI=1S/C12H17N5O3/c1-7-2-3-8(12(14)18)6-16(7)10-5-4-9(17(19)20)11(13)15-10/h4-5,7-8H,2-3,6H2,1H3,(H2,13,15)(H2,14,18). The summed E-state index contributed by atoms with van der Waals surface area (Å²) in [6, 6.07) is 3.06. The van der Waals surface area contributed by atoms with Crippen LogP contribution in [0.5, 0.6) is 0 Å². The third kappa shape index (κ3) is 2.63. The Hall–Kier alpha value is -2.38. The molecule has 1 aromatic heterocycles. The topological polar surface area (TPSA) is 128 Å². The number of amides is 1. The number of piperidine rings is 1. The van der Waals surface area contributed by atoms with Gasteiger partial charge in [-0.1, -0.05) is 0 Å². The van der Waals surface area contributed by atoms with E-state index >= 15 is 0 Å². The van der Waals surface area contributed by atoms with Crippen molar-refractivity contribution < 1.29 is 9.72 Å². The van der Waals surface area contributed by atoms with Crippen LogP contribution in [0.4, 0.5) is 17.3 Å². The highest BCUT2D eigenvalue weighted by molar-refractivity contribution is 5.77. The van der Waals surface area contributed by atoms with Crippen molar-refractivity contribution in [2.75, 3.05) is 17.2 Å². The number of rotatable bonds is 3. The van der Waals surface area contributed by atoms with Gasteiger partial charge in [0, 0.05) is 18.7 Å². The van der Waals surface area contributed by atoms with E-state index < -0.39 is 4.92 Å². The van der Waals surface area contributed by atoms with Gasteiger partial charge < -0.3 is 16.4 Å². The van der Waals surface area contributed by atoms with Gasteiger partial charge in [-0.2, -0.15) is 0 Å². The fourth-order valence-corrected chi connectivity index (χ4v) is 2.43. The second kappa shape index (κ2) is 5.32. The monoisotopic (exact) mass is 279 g/mol. The van der Waals surface area contributed by atoms with E-state index in [2.05, 4.69) is 4.98 Å². The summed E-state index contributed by atoms with van der Waals surface area (Å²) in [6.07, 6.45) is 1.56. The third-order valence-electron chi connectivity index (χ3n) is 3.66. The summed E-state index contributed by atoms with van der Waals surface area (Å²) >= 11 is 0. The lowest BCUT2D eigenvalue weighted by Crippen LogP contribution is -2.46. The highest BCUT2D eigenvalue weighted by Gasteiger charge is 2.30. The summed E-state index contributed by atoms with van der Waals surface area (Å²) in [7, 11) is 0. The third-order valence-corrected chi connectivity index (χ3v) is 3.66. The van der Waals surface area contributed by atoms with Gasteiger partial charge in [-0.3, -0.25) is 14.9 Å². The average Bonchev–Trinajstić information content (AvgIpc) is 2.38. The average molecular weight is 279 g/mol. The molecule has 8 heteroatoms. The fourth-order valence-electron chi connectivity index (χ4n) is 2.43. The van der Waals surface area contributed by atoms with E-state index in [9.17, 15) is 14.9 Å². The lowest BCUT2D eigenvalue weighted by Gasteiger charge is -2.37. The largest absolute Gasteiger partial charge is 0.378 e. The lowest BCUT2D eigenvalue weighted by molar-refractivity contribution is -0.384. The maximum atomic E-state index is 11.3. The lowest BCUT2D eigenvalue weighted by atomic mass is 9.93. The molecule has 0 aromatic carbocycles. The number of nitrogen functional groups attached to an aromatic ring is 1. The molecule has 8 nitrogen and oxygen atoms in total. The number of nitro groups is 1. The molecule has 2 rings (SSSR count). The van der Waals surface area contributed by atoms with E-state index in [-0.39, 0.29) is 29.4 Å². The number of aromatic nitrogens is 1. The predicted molar refractivity (Wildman–Crippen MR) is 74.0 cm³/mol. The van der Waals surface area contributed by atoms with Crippen LogP contribution in [0.15, 0.2) is 12.1 Å². The van der Waals surface area contributed by atoms with Crippen molar-refractivity contribution in [2.24, 2.45) is 11.7 Å². The zero-order valence-electron chi connectivity index (χ0n) is 11.2. The van der Waals surface area contributed by atoms with Crippen LogP contribution >= 0.6 is 0 Å². The summed E-state index contributed by atoms with van der Waals surface area (Å²) in [5.74, 6) is -0.159. The van der Waals surface area contributed by atoms with Gasteiger partial charge in [0.2, 0.25) is 11.7 Å². The smallest absolute Gasteiger partial charge is 0.311 e. The Balaban J connectivity index is 2.27. The van der Waals surface area contributed by atoms with Crippen molar-refractivity contribution in [1.82, 2.24) is 4.98 Å². The van der Waals surface area contributed by atoms with Crippen molar-refractivity contribution in [2.45, 2.75) is 25.8 Å². The fraction of sp³-hybridized carbons (Fsp3) is 0.500. The minimum atomic E-state index is -0.571. The number of hydrogen-bond acceptors (Lipinski definition) is 6.